The molecule has 1 heterocycles. The summed E-state index contributed by atoms with van der Waals surface area (Å²) in [6.45, 7) is 7.49. The number of amides is 2. The molecule has 0 bridgehead atoms. The molecule has 1 aliphatic rings. The summed E-state index contributed by atoms with van der Waals surface area (Å²) in [5.74, 6) is -0.995. The van der Waals surface area contributed by atoms with Crippen LogP contribution < -0.4 is 4.74 Å². The fourth-order valence-electron chi connectivity index (χ4n) is 4.44. The van der Waals surface area contributed by atoms with Crippen molar-refractivity contribution in [2.75, 3.05) is 19.7 Å². The molecule has 1 fully saturated rings. The topological polar surface area (TPSA) is 87.2 Å². The number of hydrogen-bond acceptors (Lipinski definition) is 5. The normalized spacial score (nSPS) is 14.7. The quantitative estimate of drug-likeness (QED) is 0.398. The van der Waals surface area contributed by atoms with Crippen molar-refractivity contribution in [3.05, 3.63) is 63.9 Å². The maximum atomic E-state index is 14.2. The summed E-state index contributed by atoms with van der Waals surface area (Å²) in [4.78, 5) is 38.5. The number of imide groups is 1. The Morgan fingerprint density at radius 1 is 1.17 bits per heavy atom. The number of carbonyl (C=O) groups is 3. The van der Waals surface area contributed by atoms with Crippen molar-refractivity contribution >= 4 is 29.4 Å². The van der Waals surface area contributed by atoms with Crippen molar-refractivity contribution in [2.45, 2.75) is 52.6 Å². The van der Waals surface area contributed by atoms with Gasteiger partial charge in [0.2, 0.25) is 11.8 Å². The lowest BCUT2D eigenvalue weighted by molar-refractivity contribution is -0.140. The highest BCUT2D eigenvalue weighted by Crippen LogP contribution is 2.30. The van der Waals surface area contributed by atoms with Gasteiger partial charge in [0.05, 0.1) is 18.0 Å². The number of nitrogens with zero attached hydrogens (tertiary/aromatic N) is 2. The van der Waals surface area contributed by atoms with E-state index in [4.69, 9.17) is 16.3 Å². The van der Waals surface area contributed by atoms with Gasteiger partial charge in [0, 0.05) is 32.0 Å². The molecule has 0 aliphatic carbocycles. The maximum Gasteiger partial charge on any atom is 0.305 e. The molecule has 9 heteroatoms. The van der Waals surface area contributed by atoms with Gasteiger partial charge < -0.3 is 9.84 Å². The van der Waals surface area contributed by atoms with E-state index in [0.717, 1.165) is 11.1 Å². The van der Waals surface area contributed by atoms with Gasteiger partial charge in [0.25, 0.3) is 0 Å². The summed E-state index contributed by atoms with van der Waals surface area (Å²) < 4.78 is 20.0. The average Bonchev–Trinajstić information content (AvgIpc) is 3.12. The van der Waals surface area contributed by atoms with E-state index >= 15 is 0 Å². The van der Waals surface area contributed by atoms with Crippen LogP contribution in [0.4, 0.5) is 4.39 Å². The van der Waals surface area contributed by atoms with Crippen LogP contribution in [-0.4, -0.2) is 52.4 Å². The van der Waals surface area contributed by atoms with Crippen molar-refractivity contribution in [3.8, 4) is 5.75 Å². The van der Waals surface area contributed by atoms with Gasteiger partial charge in [-0.3, -0.25) is 24.2 Å². The zero-order valence-electron chi connectivity index (χ0n) is 20.8. The average molecular weight is 519 g/mol. The number of aryl methyl sites for hydroxylation is 1. The molecule has 2 aromatic carbocycles. The van der Waals surface area contributed by atoms with E-state index in [9.17, 15) is 23.9 Å². The number of carboxylic acids is 1. The van der Waals surface area contributed by atoms with E-state index in [2.05, 4.69) is 0 Å². The van der Waals surface area contributed by atoms with E-state index in [1.807, 2.05) is 43.9 Å². The number of hydrogen-bond donors (Lipinski definition) is 1. The van der Waals surface area contributed by atoms with Crippen LogP contribution in [0.2, 0.25) is 5.02 Å². The Balaban J connectivity index is 1.75. The Hall–Kier alpha value is -2.97. The Morgan fingerprint density at radius 2 is 1.86 bits per heavy atom. The first kappa shape index (κ1) is 27.6. The molecule has 0 saturated carbocycles. The zero-order valence-corrected chi connectivity index (χ0v) is 21.6. The zero-order chi connectivity index (χ0) is 26.4. The van der Waals surface area contributed by atoms with Gasteiger partial charge in [0.15, 0.2) is 0 Å². The summed E-state index contributed by atoms with van der Waals surface area (Å²) in [5.41, 5.74) is 2.39. The first-order chi connectivity index (χ1) is 17.0. The summed E-state index contributed by atoms with van der Waals surface area (Å²) in [5, 5.41) is 9.58. The van der Waals surface area contributed by atoms with E-state index in [0.29, 0.717) is 24.4 Å². The maximum absolute atomic E-state index is 14.2. The molecule has 7 nitrogen and oxygen atoms in total. The molecule has 0 spiro atoms. The highest BCUT2D eigenvalue weighted by atomic mass is 35.5. The number of likely N-dealkylation sites (tertiary alicyclic amines) is 1. The molecule has 0 radical (unpaired) electrons. The monoisotopic (exact) mass is 518 g/mol. The molecule has 2 aromatic rings. The van der Waals surface area contributed by atoms with Crippen LogP contribution in [0.3, 0.4) is 0 Å². The van der Waals surface area contributed by atoms with Gasteiger partial charge in [0.1, 0.15) is 18.2 Å². The van der Waals surface area contributed by atoms with Crippen molar-refractivity contribution in [3.63, 3.8) is 0 Å². The second-order valence-electron chi connectivity index (χ2n) is 9.50. The number of halogens is 2. The Bertz CT molecular complexity index is 1110. The Kier molecular flexibility index (Phi) is 9.45. The van der Waals surface area contributed by atoms with E-state index in [1.165, 1.54) is 17.0 Å². The van der Waals surface area contributed by atoms with Crippen LogP contribution >= 0.6 is 11.6 Å². The molecular formula is C27H32ClFN2O5. The van der Waals surface area contributed by atoms with Crippen LogP contribution in [0.15, 0.2) is 36.4 Å². The molecule has 1 N–H and O–H groups in total. The van der Waals surface area contributed by atoms with Crippen LogP contribution in [0, 0.1) is 18.7 Å². The molecule has 1 saturated heterocycles. The van der Waals surface area contributed by atoms with Crippen molar-refractivity contribution in [1.82, 2.24) is 9.80 Å². The third-order valence-electron chi connectivity index (χ3n) is 6.09. The highest BCUT2D eigenvalue weighted by Gasteiger charge is 2.28. The first-order valence-corrected chi connectivity index (χ1v) is 12.4. The lowest BCUT2D eigenvalue weighted by Gasteiger charge is -2.33. The predicted octanol–water partition coefficient (Wildman–Crippen LogP) is 4.99. The summed E-state index contributed by atoms with van der Waals surface area (Å²) in [6, 6.07) is 9.60. The number of carbonyl (C=O) groups excluding carboxylic acids is 2. The molecule has 3 rings (SSSR count). The molecule has 36 heavy (non-hydrogen) atoms. The molecule has 1 atom stereocenters. The van der Waals surface area contributed by atoms with Gasteiger partial charge in [-0.2, -0.15) is 0 Å². The summed E-state index contributed by atoms with van der Waals surface area (Å²) in [6.07, 6.45) is 0.331. The van der Waals surface area contributed by atoms with Gasteiger partial charge in [-0.25, -0.2) is 4.39 Å². The third-order valence-corrected chi connectivity index (χ3v) is 6.40. The minimum absolute atomic E-state index is 0.00656. The van der Waals surface area contributed by atoms with Gasteiger partial charge in [-0.05, 0) is 47.7 Å². The molecule has 0 unspecified atom stereocenters. The van der Waals surface area contributed by atoms with E-state index in [1.54, 1.807) is 6.07 Å². The number of rotatable bonds is 12. The van der Waals surface area contributed by atoms with Crippen molar-refractivity contribution in [2.24, 2.45) is 5.92 Å². The van der Waals surface area contributed by atoms with Crippen molar-refractivity contribution < 1.29 is 28.6 Å². The molecule has 0 aromatic heterocycles. The summed E-state index contributed by atoms with van der Waals surface area (Å²) >= 11 is 5.85. The highest BCUT2D eigenvalue weighted by molar-refractivity contribution is 6.30. The minimum atomic E-state index is -0.973. The molecule has 194 valence electrons. The van der Waals surface area contributed by atoms with E-state index < -0.39 is 17.8 Å². The van der Waals surface area contributed by atoms with Crippen LogP contribution in [-0.2, 0) is 20.9 Å². The lowest BCUT2D eigenvalue weighted by atomic mass is 9.99. The number of carboxylic acid groups (broad SMARTS) is 1. The standard InChI is InChI=1S/C27H32ClFN2O5/c1-17(2)15-30(23(14-27(34)35)20-5-6-21(28)22(29)13-20)16-19-4-7-24(18(3)12-19)36-11-10-31-25(32)8-9-26(31)33/h4-7,12-13,17,23H,8-11,14-16H2,1-3H3,(H,34,35)/t23-/m0/s1. The number of benzene rings is 2. The fourth-order valence-corrected chi connectivity index (χ4v) is 4.56. The van der Waals surface area contributed by atoms with Crippen LogP contribution in [0.1, 0.15) is 55.8 Å². The summed E-state index contributed by atoms with van der Waals surface area (Å²) in [7, 11) is 0. The first-order valence-electron chi connectivity index (χ1n) is 12.0. The van der Waals surface area contributed by atoms with E-state index in [-0.39, 0.29) is 55.2 Å². The largest absolute Gasteiger partial charge is 0.491 e. The number of ether oxygens (including phenoxy) is 1. The SMILES string of the molecule is Cc1cc(CN(CC(C)C)[C@@H](CC(=O)O)c2ccc(Cl)c(F)c2)ccc1OCCN1C(=O)CCC1=O. The molecule has 2 amide bonds. The van der Waals surface area contributed by atoms with Crippen molar-refractivity contribution in [1.29, 1.82) is 0 Å². The molecular weight excluding hydrogens is 487 g/mol. The minimum Gasteiger partial charge on any atom is -0.491 e. The predicted molar refractivity (Wildman–Crippen MR) is 134 cm³/mol. The van der Waals surface area contributed by atoms with Gasteiger partial charge in [-0.1, -0.05) is 43.6 Å². The Morgan fingerprint density at radius 3 is 2.44 bits per heavy atom. The smallest absolute Gasteiger partial charge is 0.305 e. The number of aliphatic carboxylic acids is 1. The van der Waals surface area contributed by atoms with Gasteiger partial charge >= 0.3 is 5.97 Å². The fraction of sp³-hybridized carbons (Fsp3) is 0.444. The molecule has 1 aliphatic heterocycles. The second kappa shape index (κ2) is 12.3. The second-order valence-corrected chi connectivity index (χ2v) is 9.91. The van der Waals surface area contributed by atoms with Gasteiger partial charge in [-0.15, -0.1) is 0 Å². The van der Waals surface area contributed by atoms with Crippen LogP contribution in [0.25, 0.3) is 0 Å². The third kappa shape index (κ3) is 7.27. The van der Waals surface area contributed by atoms with Crippen LogP contribution in [0.5, 0.6) is 5.75 Å². The Labute approximate surface area is 215 Å². The lowest BCUT2D eigenvalue weighted by Crippen LogP contribution is -2.33.